The van der Waals surface area contributed by atoms with Crippen LogP contribution >= 0.6 is 0 Å². The molecule has 5 atom stereocenters. The van der Waals surface area contributed by atoms with Crippen molar-refractivity contribution in [2.24, 2.45) is 5.73 Å². The van der Waals surface area contributed by atoms with Crippen LogP contribution in [0.3, 0.4) is 0 Å². The number of aliphatic hydroxyl groups is 4. The molecule has 1 aliphatic heterocycles. The molecule has 2 heterocycles. The summed E-state index contributed by atoms with van der Waals surface area (Å²) >= 11 is 0. The largest absolute Gasteiger partial charge is 0.494 e. The molecule has 1 saturated heterocycles. The summed E-state index contributed by atoms with van der Waals surface area (Å²) in [5.41, 5.74) is 8.78. The number of aromatic amines is 1. The van der Waals surface area contributed by atoms with E-state index >= 15 is 0 Å². The fraction of sp³-hybridized carbons (Fsp3) is 0.615. The molecule has 3 rings (SSSR count). The van der Waals surface area contributed by atoms with E-state index < -0.39 is 37.3 Å². The molecular weight excluding hydrogens is 496 g/mol. The average molecular weight is 537 g/mol. The maximum atomic E-state index is 10.8. The minimum atomic E-state index is -1.54. The van der Waals surface area contributed by atoms with Crippen LogP contribution in [0.5, 0.6) is 11.6 Å². The number of nitrogens with zero attached hydrogens (tertiary/aromatic N) is 1. The normalized spacial score (nSPS) is 23.5. The van der Waals surface area contributed by atoms with E-state index in [4.69, 9.17) is 19.9 Å². The molecule has 0 radical (unpaired) electrons. The quantitative estimate of drug-likeness (QED) is 0.160. The van der Waals surface area contributed by atoms with Gasteiger partial charge >= 0.3 is 0 Å². The smallest absolute Gasteiger partial charge is 0.238 e. The lowest BCUT2D eigenvalue weighted by Crippen LogP contribution is -2.60. The van der Waals surface area contributed by atoms with Gasteiger partial charge < -0.3 is 45.7 Å². The number of aryl methyl sites for hydroxylation is 1. The van der Waals surface area contributed by atoms with Gasteiger partial charge in [0.05, 0.1) is 13.2 Å². The Kier molecular flexibility index (Phi) is 10.9. The minimum absolute atomic E-state index is 0.101. The van der Waals surface area contributed by atoms with Crippen molar-refractivity contribution >= 4 is 5.91 Å². The summed E-state index contributed by atoms with van der Waals surface area (Å²) in [6, 6.07) is 5.84. The van der Waals surface area contributed by atoms with Gasteiger partial charge in [0.2, 0.25) is 18.1 Å². The van der Waals surface area contributed by atoms with Crippen molar-refractivity contribution in [3.8, 4) is 11.6 Å². The third-order valence-corrected chi connectivity index (χ3v) is 6.51. The van der Waals surface area contributed by atoms with Crippen LogP contribution in [-0.2, 0) is 16.0 Å². The van der Waals surface area contributed by atoms with Crippen LogP contribution in [-0.4, -0.2) is 93.5 Å². The molecule has 1 fully saturated rings. The molecule has 38 heavy (non-hydrogen) atoms. The average Bonchev–Trinajstić information content (AvgIpc) is 3.27. The van der Waals surface area contributed by atoms with E-state index in [0.29, 0.717) is 26.0 Å². The van der Waals surface area contributed by atoms with Crippen molar-refractivity contribution in [1.82, 2.24) is 15.5 Å². The summed E-state index contributed by atoms with van der Waals surface area (Å²) in [7, 11) is 0. The Balaban J connectivity index is 1.66. The first-order valence-electron chi connectivity index (χ1n) is 12.9. The van der Waals surface area contributed by atoms with Crippen LogP contribution in [0.15, 0.2) is 18.2 Å². The van der Waals surface area contributed by atoms with E-state index in [2.05, 4.69) is 15.5 Å². The van der Waals surface area contributed by atoms with Gasteiger partial charge in [-0.1, -0.05) is 19.9 Å². The number of ether oxygens (including phenoxy) is 3. The van der Waals surface area contributed by atoms with Gasteiger partial charge in [-0.15, -0.1) is 5.10 Å². The van der Waals surface area contributed by atoms with Gasteiger partial charge in [-0.25, -0.2) is 0 Å². The van der Waals surface area contributed by atoms with Gasteiger partial charge in [0.1, 0.15) is 30.2 Å². The number of hydrogen-bond acceptors (Lipinski definition) is 10. The number of rotatable bonds is 14. The number of nitrogens with two attached hydrogens (primary N) is 1. The highest BCUT2D eigenvalue weighted by atomic mass is 16.7. The summed E-state index contributed by atoms with van der Waals surface area (Å²) in [6.45, 7) is 7.27. The van der Waals surface area contributed by atoms with Gasteiger partial charge in [-0.2, -0.15) is 0 Å². The van der Waals surface area contributed by atoms with E-state index in [0.717, 1.165) is 41.1 Å². The number of amides is 1. The van der Waals surface area contributed by atoms with Crippen molar-refractivity contribution in [1.29, 1.82) is 0 Å². The lowest BCUT2D eigenvalue weighted by Gasteiger charge is -2.39. The predicted octanol–water partition coefficient (Wildman–Crippen LogP) is -0.155. The summed E-state index contributed by atoms with van der Waals surface area (Å²) in [6.07, 6.45) is -5.37. The monoisotopic (exact) mass is 536 g/mol. The zero-order chi connectivity index (χ0) is 27.8. The first-order valence-corrected chi connectivity index (χ1v) is 12.9. The summed E-state index contributed by atoms with van der Waals surface area (Å²) in [4.78, 5) is 10.8. The number of primary amides is 1. The molecule has 1 aliphatic rings. The molecule has 1 aromatic heterocycles. The number of aromatic nitrogens is 2. The molecule has 1 amide bonds. The molecule has 1 aromatic carbocycles. The Morgan fingerprint density at radius 2 is 1.97 bits per heavy atom. The van der Waals surface area contributed by atoms with Gasteiger partial charge in [-0.05, 0) is 49.1 Å². The molecule has 0 aliphatic carbocycles. The molecule has 0 spiro atoms. The summed E-state index contributed by atoms with van der Waals surface area (Å²) < 4.78 is 17.2. The third kappa shape index (κ3) is 7.65. The highest BCUT2D eigenvalue weighted by molar-refractivity contribution is 5.73. The SMILES string of the molecule is Cc1cc(OCCCNCCC(N)=O)ccc1Cc1c(O[C@@H]2O[C@H](CO)[C@H](O)[C@H](O)[C@H]2O)n[nH]c1C(C)C. The third-order valence-electron chi connectivity index (χ3n) is 6.51. The molecule has 12 heteroatoms. The molecule has 0 saturated carbocycles. The molecular formula is C26H40N4O8. The second-order valence-electron chi connectivity index (χ2n) is 9.82. The lowest BCUT2D eigenvalue weighted by molar-refractivity contribution is -0.278. The van der Waals surface area contributed by atoms with Crippen molar-refractivity contribution in [2.75, 3.05) is 26.3 Å². The first kappa shape index (κ1) is 29.8. The van der Waals surface area contributed by atoms with Crippen LogP contribution < -0.4 is 20.5 Å². The molecule has 212 valence electrons. The fourth-order valence-corrected chi connectivity index (χ4v) is 4.25. The Bertz CT molecular complexity index is 1040. The molecule has 0 unspecified atom stereocenters. The summed E-state index contributed by atoms with van der Waals surface area (Å²) in [5, 5.41) is 50.4. The summed E-state index contributed by atoms with van der Waals surface area (Å²) in [5.74, 6) is 0.732. The zero-order valence-electron chi connectivity index (χ0n) is 22.1. The van der Waals surface area contributed by atoms with E-state index in [-0.39, 0.29) is 17.7 Å². The second-order valence-corrected chi connectivity index (χ2v) is 9.82. The lowest BCUT2D eigenvalue weighted by atomic mass is 9.96. The van der Waals surface area contributed by atoms with Crippen LogP contribution in [0, 0.1) is 6.92 Å². The van der Waals surface area contributed by atoms with Gasteiger partial charge in [0, 0.05) is 30.6 Å². The Hall–Kier alpha value is -2.74. The van der Waals surface area contributed by atoms with Crippen molar-refractivity contribution in [2.45, 2.75) is 76.7 Å². The van der Waals surface area contributed by atoms with Crippen molar-refractivity contribution in [3.63, 3.8) is 0 Å². The Labute approximate surface area is 222 Å². The minimum Gasteiger partial charge on any atom is -0.494 e. The van der Waals surface area contributed by atoms with Crippen LogP contribution in [0.4, 0.5) is 0 Å². The van der Waals surface area contributed by atoms with Gasteiger partial charge in [0.25, 0.3) is 0 Å². The topological polar surface area (TPSA) is 192 Å². The molecule has 8 N–H and O–H groups in total. The predicted molar refractivity (Wildman–Crippen MR) is 138 cm³/mol. The fourth-order valence-electron chi connectivity index (χ4n) is 4.25. The first-order chi connectivity index (χ1) is 18.1. The highest BCUT2D eigenvalue weighted by Gasteiger charge is 2.45. The van der Waals surface area contributed by atoms with Gasteiger partial charge in [-0.3, -0.25) is 9.89 Å². The van der Waals surface area contributed by atoms with Crippen LogP contribution in [0.1, 0.15) is 55.0 Å². The van der Waals surface area contributed by atoms with Crippen LogP contribution in [0.25, 0.3) is 0 Å². The number of aliphatic hydroxyl groups excluding tert-OH is 4. The van der Waals surface area contributed by atoms with E-state index in [1.807, 2.05) is 39.0 Å². The Morgan fingerprint density at radius 3 is 2.63 bits per heavy atom. The number of nitrogens with one attached hydrogen (secondary N) is 2. The second kappa shape index (κ2) is 13.9. The number of carbonyl (C=O) groups is 1. The van der Waals surface area contributed by atoms with E-state index in [1.165, 1.54) is 0 Å². The van der Waals surface area contributed by atoms with Crippen molar-refractivity contribution in [3.05, 3.63) is 40.6 Å². The molecule has 12 nitrogen and oxygen atoms in total. The zero-order valence-corrected chi connectivity index (χ0v) is 22.1. The maximum absolute atomic E-state index is 10.8. The maximum Gasteiger partial charge on any atom is 0.238 e. The number of hydrogen-bond donors (Lipinski definition) is 7. The van der Waals surface area contributed by atoms with E-state index in [9.17, 15) is 25.2 Å². The number of H-pyrrole nitrogens is 1. The Morgan fingerprint density at radius 1 is 1.21 bits per heavy atom. The molecule has 0 bridgehead atoms. The van der Waals surface area contributed by atoms with Crippen LogP contribution in [0.2, 0.25) is 0 Å². The standard InChI is InChI=1S/C26H40N4O8/c1-14(2)21-18(25(30-29-21)38-26-24(35)23(34)22(33)19(13-31)37-26)12-16-5-6-17(11-15(16)3)36-10-4-8-28-9-7-20(27)32/h5-6,11,14,19,22-24,26,28,31,33-35H,4,7-10,12-13H2,1-3H3,(H2,27,32)(H,29,30)/t19-,22+,23+,24-,26+/m1/s1. The molecule has 2 aromatic rings. The number of benzene rings is 1. The van der Waals surface area contributed by atoms with Gasteiger partial charge in [0.15, 0.2) is 0 Å². The van der Waals surface area contributed by atoms with Crippen molar-refractivity contribution < 1.29 is 39.4 Å². The van der Waals surface area contributed by atoms with E-state index in [1.54, 1.807) is 0 Å². The number of carbonyl (C=O) groups excluding carboxylic acids is 1. The highest BCUT2D eigenvalue weighted by Crippen LogP contribution is 2.32.